The summed E-state index contributed by atoms with van der Waals surface area (Å²) in [7, 11) is 1.38. The monoisotopic (exact) mass is 329 g/mol. The van der Waals surface area contributed by atoms with Crippen LogP contribution in [0, 0.1) is 6.92 Å². The second-order valence-corrected chi connectivity index (χ2v) is 6.27. The molecule has 0 unspecified atom stereocenters. The molecular formula is C18H23N3O3. The van der Waals surface area contributed by atoms with Crippen molar-refractivity contribution in [2.24, 2.45) is 0 Å². The number of aromatic nitrogens is 1. The Balaban J connectivity index is 1.65. The van der Waals surface area contributed by atoms with Crippen LogP contribution in [-0.2, 0) is 16.0 Å². The molecule has 0 saturated carbocycles. The third-order valence-electron chi connectivity index (χ3n) is 4.58. The topological polar surface area (TPSA) is 74.4 Å². The van der Waals surface area contributed by atoms with Crippen molar-refractivity contribution in [3.05, 3.63) is 35.5 Å². The molecule has 1 aliphatic rings. The summed E-state index contributed by atoms with van der Waals surface area (Å²) in [6.07, 6.45) is 1.75. The van der Waals surface area contributed by atoms with Crippen LogP contribution in [0.5, 0.6) is 0 Å². The summed E-state index contributed by atoms with van der Waals surface area (Å²) in [6, 6.07) is 7.98. The van der Waals surface area contributed by atoms with Crippen molar-refractivity contribution in [2.75, 3.05) is 20.2 Å². The second kappa shape index (κ2) is 6.95. The number of carbonyl (C=O) groups excluding carboxylic acids is 2. The smallest absolute Gasteiger partial charge is 0.409 e. The van der Waals surface area contributed by atoms with Crippen molar-refractivity contribution in [1.29, 1.82) is 0 Å². The van der Waals surface area contributed by atoms with E-state index in [9.17, 15) is 9.59 Å². The Kier molecular flexibility index (Phi) is 4.74. The van der Waals surface area contributed by atoms with Crippen molar-refractivity contribution in [2.45, 2.75) is 32.2 Å². The fraction of sp³-hybridized carbons (Fsp3) is 0.444. The first-order valence-corrected chi connectivity index (χ1v) is 8.27. The van der Waals surface area contributed by atoms with Gasteiger partial charge in [0, 0.05) is 35.7 Å². The molecule has 2 heterocycles. The number of likely N-dealkylation sites (tertiary alicyclic amines) is 1. The molecule has 1 aromatic carbocycles. The van der Waals surface area contributed by atoms with E-state index < -0.39 is 0 Å². The number of hydrogen-bond donors (Lipinski definition) is 2. The molecule has 24 heavy (non-hydrogen) atoms. The average molecular weight is 329 g/mol. The summed E-state index contributed by atoms with van der Waals surface area (Å²) in [5.41, 5.74) is 3.10. The highest BCUT2D eigenvalue weighted by molar-refractivity contribution is 5.90. The largest absolute Gasteiger partial charge is 0.453 e. The van der Waals surface area contributed by atoms with Gasteiger partial charge in [0.15, 0.2) is 0 Å². The summed E-state index contributed by atoms with van der Waals surface area (Å²) < 4.78 is 4.76. The number of para-hydroxylation sites is 1. The van der Waals surface area contributed by atoms with Gasteiger partial charge in [-0.05, 0) is 31.4 Å². The quantitative estimate of drug-likeness (QED) is 0.908. The van der Waals surface area contributed by atoms with Crippen molar-refractivity contribution in [1.82, 2.24) is 15.2 Å². The zero-order chi connectivity index (χ0) is 17.1. The van der Waals surface area contributed by atoms with Gasteiger partial charge < -0.3 is 19.9 Å². The summed E-state index contributed by atoms with van der Waals surface area (Å²) in [5.74, 6) is -0.0143. The number of rotatable bonds is 3. The Hall–Kier alpha value is -2.50. The molecule has 0 spiro atoms. The van der Waals surface area contributed by atoms with Gasteiger partial charge in [-0.1, -0.05) is 18.2 Å². The molecule has 0 aliphatic carbocycles. The summed E-state index contributed by atoms with van der Waals surface area (Å²) >= 11 is 0. The first kappa shape index (κ1) is 16.4. The van der Waals surface area contributed by atoms with E-state index in [1.165, 1.54) is 7.11 Å². The van der Waals surface area contributed by atoms with Crippen LogP contribution in [-0.4, -0.2) is 48.1 Å². The predicted octanol–water partition coefficient (Wildman–Crippen LogP) is 2.37. The number of ether oxygens (including phenoxy) is 1. The summed E-state index contributed by atoms with van der Waals surface area (Å²) in [4.78, 5) is 29.1. The van der Waals surface area contributed by atoms with E-state index in [0.29, 0.717) is 19.5 Å². The number of benzene rings is 1. The Bertz CT molecular complexity index is 753. The number of H-pyrrole nitrogens is 1. The Morgan fingerprint density at radius 2 is 2.17 bits per heavy atom. The number of aryl methyl sites for hydroxylation is 1. The molecule has 0 radical (unpaired) electrons. The molecule has 6 nitrogen and oxygen atoms in total. The number of fused-ring (bicyclic) bond motifs is 1. The van der Waals surface area contributed by atoms with E-state index in [1.807, 2.05) is 31.2 Å². The zero-order valence-corrected chi connectivity index (χ0v) is 14.1. The lowest BCUT2D eigenvalue weighted by atomic mass is 10.0. The van der Waals surface area contributed by atoms with Gasteiger partial charge in [-0.3, -0.25) is 4.79 Å². The number of nitrogens with zero attached hydrogens (tertiary/aromatic N) is 1. The molecule has 6 heteroatoms. The van der Waals surface area contributed by atoms with Crippen LogP contribution in [0.1, 0.15) is 24.1 Å². The molecule has 1 saturated heterocycles. The van der Waals surface area contributed by atoms with Gasteiger partial charge in [0.2, 0.25) is 5.91 Å². The van der Waals surface area contributed by atoms with Crippen molar-refractivity contribution in [3.63, 3.8) is 0 Å². The molecule has 2 N–H and O–H groups in total. The Morgan fingerprint density at radius 1 is 1.38 bits per heavy atom. The van der Waals surface area contributed by atoms with Crippen LogP contribution >= 0.6 is 0 Å². The minimum atomic E-state index is -0.332. The molecule has 0 bridgehead atoms. The molecule has 128 valence electrons. The van der Waals surface area contributed by atoms with Gasteiger partial charge >= 0.3 is 6.09 Å². The van der Waals surface area contributed by atoms with Gasteiger partial charge in [0.25, 0.3) is 0 Å². The highest BCUT2D eigenvalue weighted by Gasteiger charge is 2.25. The lowest BCUT2D eigenvalue weighted by Gasteiger charge is -2.32. The molecule has 2 amide bonds. The fourth-order valence-electron chi connectivity index (χ4n) is 3.39. The van der Waals surface area contributed by atoms with Crippen molar-refractivity contribution >= 4 is 22.9 Å². The molecule has 1 aromatic heterocycles. The van der Waals surface area contributed by atoms with Crippen LogP contribution in [0.25, 0.3) is 10.9 Å². The maximum absolute atomic E-state index is 12.5. The number of hydrogen-bond acceptors (Lipinski definition) is 3. The van der Waals surface area contributed by atoms with E-state index in [-0.39, 0.29) is 18.0 Å². The number of nitrogens with one attached hydrogen (secondary N) is 2. The second-order valence-electron chi connectivity index (χ2n) is 6.27. The van der Waals surface area contributed by atoms with Crippen LogP contribution < -0.4 is 5.32 Å². The molecular weight excluding hydrogens is 306 g/mol. The van der Waals surface area contributed by atoms with E-state index in [0.717, 1.165) is 35.0 Å². The number of aromatic amines is 1. The molecule has 1 atom stereocenters. The number of methoxy groups -OCH3 is 1. The Morgan fingerprint density at radius 3 is 2.96 bits per heavy atom. The number of carbonyl (C=O) groups is 2. The highest BCUT2D eigenvalue weighted by atomic mass is 16.5. The zero-order valence-electron chi connectivity index (χ0n) is 14.1. The molecule has 3 rings (SSSR count). The number of piperidine rings is 1. The van der Waals surface area contributed by atoms with Crippen molar-refractivity contribution in [3.8, 4) is 0 Å². The van der Waals surface area contributed by atoms with E-state index in [4.69, 9.17) is 4.74 Å². The van der Waals surface area contributed by atoms with Crippen LogP contribution in [0.3, 0.4) is 0 Å². The third kappa shape index (κ3) is 3.37. The molecule has 2 aromatic rings. The minimum Gasteiger partial charge on any atom is -0.453 e. The maximum atomic E-state index is 12.5. The van der Waals surface area contributed by atoms with Gasteiger partial charge in [0.1, 0.15) is 0 Å². The predicted molar refractivity (Wildman–Crippen MR) is 91.9 cm³/mol. The minimum absolute atomic E-state index is 0.0143. The van der Waals surface area contributed by atoms with Gasteiger partial charge in [-0.15, -0.1) is 0 Å². The third-order valence-corrected chi connectivity index (χ3v) is 4.58. The lowest BCUT2D eigenvalue weighted by molar-refractivity contribution is -0.121. The summed E-state index contributed by atoms with van der Waals surface area (Å²) in [6.45, 7) is 3.17. The lowest BCUT2D eigenvalue weighted by Crippen LogP contribution is -2.49. The van der Waals surface area contributed by atoms with Crippen LogP contribution in [0.15, 0.2) is 24.3 Å². The van der Waals surface area contributed by atoms with E-state index >= 15 is 0 Å². The standard InChI is InChI=1S/C18H23N3O3/c1-12-15(14-7-3-4-8-16(14)19-12)10-17(22)20-13-6-5-9-21(11-13)18(23)24-2/h3-4,7-8,13,19H,5-6,9-11H2,1-2H3,(H,20,22)/t13-/m1/s1. The first-order chi connectivity index (χ1) is 11.6. The SMILES string of the molecule is COC(=O)N1CCC[C@@H](NC(=O)Cc2c(C)[nH]c3ccccc23)C1. The van der Waals surface area contributed by atoms with Crippen LogP contribution in [0.2, 0.25) is 0 Å². The maximum Gasteiger partial charge on any atom is 0.409 e. The average Bonchev–Trinajstić information content (AvgIpc) is 2.90. The van der Waals surface area contributed by atoms with Crippen molar-refractivity contribution < 1.29 is 14.3 Å². The first-order valence-electron chi connectivity index (χ1n) is 8.27. The summed E-state index contributed by atoms with van der Waals surface area (Å²) in [5, 5.41) is 4.14. The highest BCUT2D eigenvalue weighted by Crippen LogP contribution is 2.22. The molecule has 1 aliphatic heterocycles. The van der Waals surface area contributed by atoms with Gasteiger partial charge in [0.05, 0.1) is 13.5 Å². The number of amides is 2. The molecule has 1 fully saturated rings. The fourth-order valence-corrected chi connectivity index (χ4v) is 3.39. The Labute approximate surface area is 141 Å². The van der Waals surface area contributed by atoms with E-state index in [2.05, 4.69) is 10.3 Å². The van der Waals surface area contributed by atoms with E-state index in [1.54, 1.807) is 4.90 Å². The van der Waals surface area contributed by atoms with Gasteiger partial charge in [-0.2, -0.15) is 0 Å². The normalized spacial score (nSPS) is 17.8. The van der Waals surface area contributed by atoms with Gasteiger partial charge in [-0.25, -0.2) is 4.79 Å². The van der Waals surface area contributed by atoms with Crippen LogP contribution in [0.4, 0.5) is 4.79 Å².